The lowest BCUT2D eigenvalue weighted by Gasteiger charge is -2.22. The third kappa shape index (κ3) is 3.47. The Hall–Kier alpha value is -2.20. The monoisotopic (exact) mass is 285 g/mol. The fourth-order valence-electron chi connectivity index (χ4n) is 2.43. The molecule has 1 aliphatic heterocycles. The van der Waals surface area contributed by atoms with Crippen LogP contribution in [0.2, 0.25) is 0 Å². The first-order chi connectivity index (χ1) is 10.3. The van der Waals surface area contributed by atoms with Crippen LogP contribution >= 0.6 is 0 Å². The second-order valence-electron chi connectivity index (χ2n) is 5.02. The van der Waals surface area contributed by atoms with E-state index in [1.165, 1.54) is 5.56 Å². The first-order valence-corrected chi connectivity index (χ1v) is 7.09. The second kappa shape index (κ2) is 6.50. The zero-order chi connectivity index (χ0) is 14.5. The van der Waals surface area contributed by atoms with Crippen LogP contribution in [0.15, 0.2) is 53.7 Å². The Morgan fingerprint density at radius 1 is 1.10 bits per heavy atom. The van der Waals surface area contributed by atoms with Crippen molar-refractivity contribution in [2.24, 2.45) is 0 Å². The van der Waals surface area contributed by atoms with E-state index in [1.807, 2.05) is 30.3 Å². The van der Waals surface area contributed by atoms with Gasteiger partial charge in [-0.2, -0.15) is 0 Å². The highest BCUT2D eigenvalue weighted by atomic mass is 16.6. The van der Waals surface area contributed by atoms with Gasteiger partial charge in [0, 0.05) is 13.1 Å². The first kappa shape index (κ1) is 13.8. The molecule has 4 nitrogen and oxygen atoms in total. The van der Waals surface area contributed by atoms with Crippen LogP contribution in [0, 0.1) is 0 Å². The lowest BCUT2D eigenvalue weighted by molar-refractivity contribution is 0.171. The zero-order valence-corrected chi connectivity index (χ0v) is 12.0. The number of nitrogens with zero attached hydrogens (tertiary/aromatic N) is 1. The predicted octanol–water partition coefficient (Wildman–Crippen LogP) is 3.24. The van der Waals surface area contributed by atoms with Crippen molar-refractivity contribution in [2.45, 2.75) is 13.1 Å². The minimum atomic E-state index is 0.610. The first-order valence-electron chi connectivity index (χ1n) is 7.09. The molecule has 0 aliphatic carbocycles. The van der Waals surface area contributed by atoms with E-state index in [2.05, 4.69) is 17.5 Å². The number of hydrogen-bond acceptors (Lipinski definition) is 4. The third-order valence-electron chi connectivity index (χ3n) is 3.36. The van der Waals surface area contributed by atoms with E-state index in [1.54, 1.807) is 6.26 Å². The van der Waals surface area contributed by atoms with Crippen molar-refractivity contribution >= 4 is 0 Å². The Balaban J connectivity index is 1.71. The summed E-state index contributed by atoms with van der Waals surface area (Å²) in [5.74, 6) is 2.61. The van der Waals surface area contributed by atoms with E-state index >= 15 is 0 Å². The van der Waals surface area contributed by atoms with Crippen molar-refractivity contribution < 1.29 is 13.9 Å². The molecule has 1 aromatic heterocycles. The van der Waals surface area contributed by atoms with Gasteiger partial charge in [0.15, 0.2) is 11.5 Å². The molecule has 3 rings (SSSR count). The maximum atomic E-state index is 5.63. The van der Waals surface area contributed by atoms with Crippen molar-refractivity contribution in [1.82, 2.24) is 4.90 Å². The molecule has 0 atom stereocenters. The van der Waals surface area contributed by atoms with Crippen LogP contribution in [0.25, 0.3) is 0 Å². The quantitative estimate of drug-likeness (QED) is 0.763. The van der Waals surface area contributed by atoms with Gasteiger partial charge in [0.25, 0.3) is 0 Å². The van der Waals surface area contributed by atoms with Crippen LogP contribution < -0.4 is 9.47 Å². The van der Waals surface area contributed by atoms with Gasteiger partial charge in [-0.05, 0) is 29.8 Å². The smallest absolute Gasteiger partial charge is 0.161 e. The normalized spacial score (nSPS) is 13.4. The molecule has 0 amide bonds. The van der Waals surface area contributed by atoms with Crippen LogP contribution in [-0.2, 0) is 13.1 Å². The zero-order valence-electron chi connectivity index (χ0n) is 12.0. The summed E-state index contributed by atoms with van der Waals surface area (Å²) in [5, 5.41) is 0. The number of fused-ring (bicyclic) bond motifs is 1. The topological polar surface area (TPSA) is 34.8 Å². The fraction of sp³-hybridized carbons (Fsp3) is 0.294. The molecule has 0 unspecified atom stereocenters. The van der Waals surface area contributed by atoms with E-state index in [0.717, 1.165) is 36.9 Å². The largest absolute Gasteiger partial charge is 0.486 e. The van der Waals surface area contributed by atoms with Crippen LogP contribution in [-0.4, -0.2) is 24.7 Å². The molecular formula is C17H19NO3. The standard InChI is InChI=1S/C17H19NO3/c1-2-7-18(13-15-4-3-8-19-15)12-14-5-6-16-17(11-14)21-10-9-20-16/h2-6,8,11H,1,7,9-10,12-13H2. The van der Waals surface area contributed by atoms with Crippen molar-refractivity contribution in [3.8, 4) is 11.5 Å². The summed E-state index contributed by atoms with van der Waals surface area (Å²) in [6, 6.07) is 9.99. The van der Waals surface area contributed by atoms with E-state index in [4.69, 9.17) is 13.9 Å². The average molecular weight is 285 g/mol. The van der Waals surface area contributed by atoms with Gasteiger partial charge in [-0.25, -0.2) is 0 Å². The summed E-state index contributed by atoms with van der Waals surface area (Å²) < 4.78 is 16.6. The fourth-order valence-corrected chi connectivity index (χ4v) is 2.43. The SMILES string of the molecule is C=CCN(Cc1ccc2c(c1)OCCO2)Cc1ccco1. The molecule has 0 fully saturated rings. The Morgan fingerprint density at radius 2 is 1.95 bits per heavy atom. The molecule has 0 N–H and O–H groups in total. The Labute approximate surface area is 124 Å². The second-order valence-corrected chi connectivity index (χ2v) is 5.02. The lowest BCUT2D eigenvalue weighted by atomic mass is 10.1. The summed E-state index contributed by atoms with van der Waals surface area (Å²) in [4.78, 5) is 2.26. The van der Waals surface area contributed by atoms with Gasteiger partial charge in [-0.1, -0.05) is 12.1 Å². The number of furan rings is 1. The van der Waals surface area contributed by atoms with Gasteiger partial charge in [0.05, 0.1) is 12.8 Å². The van der Waals surface area contributed by atoms with E-state index in [-0.39, 0.29) is 0 Å². The highest BCUT2D eigenvalue weighted by Gasteiger charge is 2.13. The third-order valence-corrected chi connectivity index (χ3v) is 3.36. The highest BCUT2D eigenvalue weighted by Crippen LogP contribution is 2.31. The number of hydrogen-bond donors (Lipinski definition) is 0. The predicted molar refractivity (Wildman–Crippen MR) is 80.5 cm³/mol. The summed E-state index contributed by atoms with van der Waals surface area (Å²) in [5.41, 5.74) is 1.19. The van der Waals surface area contributed by atoms with Crippen LogP contribution in [0.1, 0.15) is 11.3 Å². The van der Waals surface area contributed by atoms with Crippen LogP contribution in [0.3, 0.4) is 0 Å². The highest BCUT2D eigenvalue weighted by molar-refractivity contribution is 5.43. The summed E-state index contributed by atoms with van der Waals surface area (Å²) in [6.07, 6.45) is 3.60. The van der Waals surface area contributed by atoms with Crippen molar-refractivity contribution in [3.63, 3.8) is 0 Å². The van der Waals surface area contributed by atoms with Crippen molar-refractivity contribution in [2.75, 3.05) is 19.8 Å². The Morgan fingerprint density at radius 3 is 2.71 bits per heavy atom. The van der Waals surface area contributed by atoms with Crippen LogP contribution in [0.4, 0.5) is 0 Å². The van der Waals surface area contributed by atoms with E-state index < -0.39 is 0 Å². The van der Waals surface area contributed by atoms with Crippen molar-refractivity contribution in [3.05, 3.63) is 60.6 Å². The molecule has 0 saturated heterocycles. The maximum Gasteiger partial charge on any atom is 0.161 e. The molecule has 0 radical (unpaired) electrons. The molecule has 110 valence electrons. The number of rotatable bonds is 6. The molecule has 1 aromatic carbocycles. The lowest BCUT2D eigenvalue weighted by Crippen LogP contribution is -2.23. The minimum Gasteiger partial charge on any atom is -0.486 e. The molecule has 1 aliphatic rings. The van der Waals surface area contributed by atoms with E-state index in [0.29, 0.717) is 13.2 Å². The van der Waals surface area contributed by atoms with Crippen LogP contribution in [0.5, 0.6) is 11.5 Å². The van der Waals surface area contributed by atoms with Gasteiger partial charge in [0.2, 0.25) is 0 Å². The molecule has 2 aromatic rings. The maximum absolute atomic E-state index is 5.63. The Kier molecular flexibility index (Phi) is 4.26. The van der Waals surface area contributed by atoms with Gasteiger partial charge in [-0.3, -0.25) is 4.90 Å². The summed E-state index contributed by atoms with van der Waals surface area (Å²) >= 11 is 0. The molecule has 21 heavy (non-hydrogen) atoms. The van der Waals surface area contributed by atoms with E-state index in [9.17, 15) is 0 Å². The average Bonchev–Trinajstić information content (AvgIpc) is 3.00. The van der Waals surface area contributed by atoms with Crippen molar-refractivity contribution in [1.29, 1.82) is 0 Å². The van der Waals surface area contributed by atoms with Gasteiger partial charge < -0.3 is 13.9 Å². The molecule has 2 heterocycles. The molecule has 0 spiro atoms. The molecular weight excluding hydrogens is 266 g/mol. The number of benzene rings is 1. The van der Waals surface area contributed by atoms with Gasteiger partial charge in [0.1, 0.15) is 19.0 Å². The number of ether oxygens (including phenoxy) is 2. The Bertz CT molecular complexity index is 592. The summed E-state index contributed by atoms with van der Waals surface area (Å²) in [7, 11) is 0. The minimum absolute atomic E-state index is 0.610. The molecule has 4 heteroatoms. The van der Waals surface area contributed by atoms with Gasteiger partial charge in [-0.15, -0.1) is 6.58 Å². The molecule has 0 saturated carbocycles. The molecule has 0 bridgehead atoms. The van der Waals surface area contributed by atoms with Gasteiger partial charge >= 0.3 is 0 Å². The summed E-state index contributed by atoms with van der Waals surface area (Å²) in [6.45, 7) is 7.42.